The van der Waals surface area contributed by atoms with Gasteiger partial charge in [0.15, 0.2) is 0 Å². The lowest BCUT2D eigenvalue weighted by Crippen LogP contribution is -2.29. The minimum atomic E-state index is -1.34. The molecule has 0 amide bonds. The third-order valence-electron chi connectivity index (χ3n) is 8.32. The number of nitrogen functional groups attached to an aromatic ring is 3. The molecule has 0 unspecified atom stereocenters. The first-order valence-corrected chi connectivity index (χ1v) is 23.6. The highest BCUT2D eigenvalue weighted by molar-refractivity contribution is 6.58. The molecule has 0 aliphatic rings. The van der Waals surface area contributed by atoms with Crippen molar-refractivity contribution in [1.82, 2.24) is 0 Å². The van der Waals surface area contributed by atoms with Crippen molar-refractivity contribution in [2.24, 2.45) is 0 Å². The molecule has 70 heavy (non-hydrogen) atoms. The Bertz CT molecular complexity index is 1980. The van der Waals surface area contributed by atoms with Crippen LogP contribution in [0.15, 0.2) is 273 Å². The van der Waals surface area contributed by atoms with Crippen molar-refractivity contribution in [3.63, 3.8) is 0 Å². The molecule has 0 heterocycles. The lowest BCUT2D eigenvalue weighted by molar-refractivity contribution is 0.426. The van der Waals surface area contributed by atoms with Crippen molar-refractivity contribution in [2.75, 3.05) is 29.6 Å². The van der Waals surface area contributed by atoms with E-state index < -0.39 is 7.12 Å². The Morgan fingerprint density at radius 3 is 0.557 bits per heavy atom. The molecular formula is C63H81BN4O2. The molecule has 0 fully saturated rings. The summed E-state index contributed by atoms with van der Waals surface area (Å²) < 4.78 is 0. The van der Waals surface area contributed by atoms with Crippen LogP contribution in [0.25, 0.3) is 0 Å². The molecule has 9 aromatic rings. The van der Waals surface area contributed by atoms with Gasteiger partial charge in [0.1, 0.15) is 0 Å². The van der Waals surface area contributed by atoms with E-state index >= 15 is 0 Å². The third kappa shape index (κ3) is 42.8. The van der Waals surface area contributed by atoms with E-state index in [0.29, 0.717) is 5.46 Å². The van der Waals surface area contributed by atoms with Gasteiger partial charge in [-0.1, -0.05) is 274 Å². The Morgan fingerprint density at radius 2 is 0.457 bits per heavy atom. The van der Waals surface area contributed by atoms with Crippen LogP contribution >= 0.6 is 0 Å². The van der Waals surface area contributed by atoms with Gasteiger partial charge in [0, 0.05) is 29.8 Å². The Morgan fingerprint density at radius 1 is 0.286 bits per heavy atom. The second kappa shape index (κ2) is 47.7. The minimum absolute atomic E-state index is 0.525. The summed E-state index contributed by atoms with van der Waals surface area (Å²) in [4.78, 5) is 0. The molecular weight excluding hydrogens is 856 g/mol. The number of aryl methyl sites for hydroxylation is 4. The number of hydrogen-bond donors (Lipinski definition) is 6. The molecule has 7 heteroatoms. The van der Waals surface area contributed by atoms with Crippen LogP contribution < -0.4 is 28.0 Å². The largest absolute Gasteiger partial charge is 0.488 e. The predicted molar refractivity (Wildman–Crippen MR) is 312 cm³/mol. The molecule has 9 aromatic carbocycles. The first-order valence-electron chi connectivity index (χ1n) is 23.6. The van der Waals surface area contributed by atoms with Gasteiger partial charge in [-0.2, -0.15) is 0 Å². The van der Waals surface area contributed by atoms with Gasteiger partial charge in [0.05, 0.1) is 0 Å². The standard InChI is InChI=1S/C7H9N.4C7H8.C6H7BO2.3C6H7N.2C2H6/c1-8-7-5-3-2-4-6-7;4*1-7-5-3-2-4-6-7;8-7(9)6-4-2-1-3-5-6;3*7-6-4-2-1-3-5-6;2*1-2/h2-6,8H,1H3;4*2-6H,1H3;1-5,8-9H;3*1-5H,7H2;2*1-2H3. The van der Waals surface area contributed by atoms with E-state index in [4.69, 9.17) is 27.2 Å². The Hall–Kier alpha value is -7.84. The molecule has 0 saturated carbocycles. The number of rotatable bonds is 2. The van der Waals surface area contributed by atoms with Crippen LogP contribution in [0.5, 0.6) is 0 Å². The van der Waals surface area contributed by atoms with Gasteiger partial charge in [-0.15, -0.1) is 0 Å². The number of nitrogens with two attached hydrogens (primary N) is 3. The fraction of sp³-hybridized carbons (Fsp3) is 0.143. The fourth-order valence-electron chi connectivity index (χ4n) is 4.73. The zero-order chi connectivity index (χ0) is 52.3. The number of anilines is 4. The summed E-state index contributed by atoms with van der Waals surface area (Å²) in [6.07, 6.45) is 0. The number of para-hydroxylation sites is 4. The summed E-state index contributed by atoms with van der Waals surface area (Å²) in [7, 11) is 0.571. The zero-order valence-corrected chi connectivity index (χ0v) is 43.2. The SMILES string of the molecule is CC.CC.CNc1ccccc1.Cc1ccccc1.Cc1ccccc1.Cc1ccccc1.Cc1ccccc1.Nc1ccccc1.Nc1ccccc1.Nc1ccccc1.OB(O)c1ccccc1. The molecule has 0 radical (unpaired) electrons. The van der Waals surface area contributed by atoms with Gasteiger partial charge >= 0.3 is 7.12 Å². The van der Waals surface area contributed by atoms with Crippen molar-refractivity contribution >= 4 is 35.3 Å². The molecule has 0 bridgehead atoms. The summed E-state index contributed by atoms with van der Waals surface area (Å²) >= 11 is 0. The van der Waals surface area contributed by atoms with Gasteiger partial charge in [-0.25, -0.2) is 0 Å². The smallest absolute Gasteiger partial charge is 0.423 e. The maximum atomic E-state index is 8.58. The Kier molecular flexibility index (Phi) is 43.7. The van der Waals surface area contributed by atoms with E-state index in [2.05, 4.69) is 81.5 Å². The average Bonchev–Trinajstić information content (AvgIpc) is 3.41. The number of benzene rings is 9. The van der Waals surface area contributed by atoms with Crippen LogP contribution in [0, 0.1) is 27.7 Å². The molecule has 0 aromatic heterocycles. The zero-order valence-electron chi connectivity index (χ0n) is 43.2. The fourth-order valence-corrected chi connectivity index (χ4v) is 4.73. The van der Waals surface area contributed by atoms with Gasteiger partial charge in [0.2, 0.25) is 0 Å². The minimum Gasteiger partial charge on any atom is -0.423 e. The lowest BCUT2D eigenvalue weighted by Gasteiger charge is -1.94. The summed E-state index contributed by atoms with van der Waals surface area (Å²) in [6, 6.07) is 88.2. The summed E-state index contributed by atoms with van der Waals surface area (Å²) in [5.41, 5.74) is 25.5. The number of hydrogen-bond acceptors (Lipinski definition) is 6. The maximum Gasteiger partial charge on any atom is 0.488 e. The van der Waals surface area contributed by atoms with E-state index in [1.807, 2.05) is 235 Å². The van der Waals surface area contributed by atoms with Crippen LogP contribution in [0.4, 0.5) is 22.7 Å². The van der Waals surface area contributed by atoms with Gasteiger partial charge in [0.25, 0.3) is 0 Å². The average molecular weight is 937 g/mol. The molecule has 9 N–H and O–H groups in total. The molecule has 0 aliphatic heterocycles. The van der Waals surface area contributed by atoms with Gasteiger partial charge < -0.3 is 32.6 Å². The molecule has 0 aliphatic carbocycles. The van der Waals surface area contributed by atoms with Gasteiger partial charge in [-0.05, 0) is 81.7 Å². The first-order chi connectivity index (χ1) is 34.0. The van der Waals surface area contributed by atoms with Crippen LogP contribution in [-0.2, 0) is 0 Å². The normalized spacial score (nSPS) is 8.39. The number of nitrogens with one attached hydrogen (secondary N) is 1. The second-order valence-electron chi connectivity index (χ2n) is 14.3. The maximum absolute atomic E-state index is 8.58. The summed E-state index contributed by atoms with van der Waals surface area (Å²) in [6.45, 7) is 16.3. The molecule has 9 rings (SSSR count). The third-order valence-corrected chi connectivity index (χ3v) is 8.32. The molecule has 6 nitrogen and oxygen atoms in total. The molecule has 0 saturated heterocycles. The van der Waals surface area contributed by atoms with Crippen molar-refractivity contribution < 1.29 is 10.0 Å². The highest BCUT2D eigenvalue weighted by Gasteiger charge is 2.07. The predicted octanol–water partition coefficient (Wildman–Crippen LogP) is 14.9. The summed E-state index contributed by atoms with van der Waals surface area (Å²) in [5.74, 6) is 0. The quantitative estimate of drug-likeness (QED) is 0.0756. The van der Waals surface area contributed by atoms with Crippen LogP contribution in [0.1, 0.15) is 49.9 Å². The molecule has 0 spiro atoms. The van der Waals surface area contributed by atoms with Crippen molar-refractivity contribution in [2.45, 2.75) is 55.4 Å². The van der Waals surface area contributed by atoms with Gasteiger partial charge in [-0.3, -0.25) is 0 Å². The van der Waals surface area contributed by atoms with Crippen molar-refractivity contribution in [1.29, 1.82) is 0 Å². The van der Waals surface area contributed by atoms with E-state index in [1.54, 1.807) is 24.3 Å². The monoisotopic (exact) mass is 937 g/mol. The molecule has 368 valence electrons. The van der Waals surface area contributed by atoms with Crippen molar-refractivity contribution in [3.8, 4) is 0 Å². The van der Waals surface area contributed by atoms with Crippen LogP contribution in [0.2, 0.25) is 0 Å². The van der Waals surface area contributed by atoms with E-state index in [1.165, 1.54) is 22.3 Å². The van der Waals surface area contributed by atoms with Crippen LogP contribution in [-0.4, -0.2) is 24.2 Å². The Balaban J connectivity index is 0. The topological polar surface area (TPSA) is 131 Å². The Labute approximate surface area is 423 Å². The lowest BCUT2D eigenvalue weighted by atomic mass is 9.81. The van der Waals surface area contributed by atoms with Crippen molar-refractivity contribution in [3.05, 3.63) is 295 Å². The highest BCUT2D eigenvalue weighted by Crippen LogP contribution is 2.02. The van der Waals surface area contributed by atoms with Crippen LogP contribution in [0.3, 0.4) is 0 Å². The first kappa shape index (κ1) is 64.2. The second-order valence-corrected chi connectivity index (χ2v) is 14.3. The molecule has 0 atom stereocenters. The van der Waals surface area contributed by atoms with E-state index in [9.17, 15) is 0 Å². The summed E-state index contributed by atoms with van der Waals surface area (Å²) in [5, 5.41) is 20.2. The van der Waals surface area contributed by atoms with E-state index in [-0.39, 0.29) is 0 Å². The van der Waals surface area contributed by atoms with E-state index in [0.717, 1.165) is 22.7 Å². The highest BCUT2D eigenvalue weighted by atomic mass is 16.4.